The maximum absolute atomic E-state index is 7.59. The summed E-state index contributed by atoms with van der Waals surface area (Å²) in [6, 6.07) is 78.6. The minimum absolute atomic E-state index is 0.0956. The van der Waals surface area contributed by atoms with Crippen LogP contribution in [-0.4, -0.2) is 43.0 Å². The maximum Gasteiger partial charge on any atom is 0.335 e. The van der Waals surface area contributed by atoms with Crippen molar-refractivity contribution in [2.45, 2.75) is 68.2 Å². The molecule has 0 N–H and O–H groups in total. The third-order valence-electron chi connectivity index (χ3n) is 14.4. The van der Waals surface area contributed by atoms with E-state index in [0.29, 0.717) is 31.4 Å². The predicted octanol–water partition coefficient (Wildman–Crippen LogP) is 14.1. The van der Waals surface area contributed by atoms with E-state index >= 15 is 0 Å². The van der Waals surface area contributed by atoms with Crippen LogP contribution in [0.15, 0.2) is 241 Å². The van der Waals surface area contributed by atoms with Gasteiger partial charge in [0, 0.05) is 0 Å². The van der Waals surface area contributed by atoms with Gasteiger partial charge in [-0.1, -0.05) is 224 Å². The van der Waals surface area contributed by atoms with Gasteiger partial charge in [0.15, 0.2) is 28.8 Å². The Morgan fingerprint density at radius 2 is 0.851 bits per heavy atom. The molecule has 4 heterocycles. The fourth-order valence-corrected chi connectivity index (χ4v) is 12.4. The van der Waals surface area contributed by atoms with Crippen molar-refractivity contribution < 1.29 is 32.5 Å². The first kappa shape index (κ1) is 47.9. The Morgan fingerprint density at radius 1 is 0.473 bits per heavy atom. The Bertz CT molecular complexity index is 2990. The molecule has 0 unspecified atom stereocenters. The summed E-state index contributed by atoms with van der Waals surface area (Å²) in [5, 5.41) is 0. The van der Waals surface area contributed by atoms with Gasteiger partial charge in [-0.2, -0.15) is 0 Å². The number of ether oxygens (including phenoxy) is 4. The highest BCUT2D eigenvalue weighted by Gasteiger charge is 2.67. The smallest absolute Gasteiger partial charge is 0.335 e. The normalized spacial score (nSPS) is 21.7. The summed E-state index contributed by atoms with van der Waals surface area (Å²) in [6.45, 7) is 5.06. The fraction of sp³-hybridized carbons (Fsp3) is 0.219. The van der Waals surface area contributed by atoms with E-state index in [1.807, 2.05) is 123 Å². The summed E-state index contributed by atoms with van der Waals surface area (Å²) in [7, 11) is -2.18. The lowest BCUT2D eigenvalue weighted by Gasteiger charge is -2.41. The van der Waals surface area contributed by atoms with Crippen LogP contribution in [0.4, 0.5) is 0 Å². The summed E-state index contributed by atoms with van der Waals surface area (Å²) in [5.74, 6) is 0.00381. The van der Waals surface area contributed by atoms with Crippen molar-refractivity contribution >= 4 is 20.4 Å². The lowest BCUT2D eigenvalue weighted by atomic mass is 9.72. The second-order valence-electron chi connectivity index (χ2n) is 19.7. The van der Waals surface area contributed by atoms with E-state index in [0.717, 1.165) is 55.6 Å². The summed E-state index contributed by atoms with van der Waals surface area (Å²) >= 11 is 0. The number of fused-ring (bicyclic) bond motifs is 1. The molecular formula is C64H57N2O7P. The van der Waals surface area contributed by atoms with Crippen LogP contribution in [0.1, 0.15) is 70.4 Å². The number of hydrogen-bond acceptors (Lipinski definition) is 9. The summed E-state index contributed by atoms with van der Waals surface area (Å²) in [6.07, 6.45) is -0.814. The standard InChI is InChI=1S/C64H57N2O7P/c1-62(2)70-58-59(71-62)64(53-35-17-7-18-36-53,54-37-19-8-20-38-54)73-74(72-63(58,51-31-13-5-14-32-51)52-33-15-6-16-34-52)69-42-46-24-22-30-50(40-46)49-29-21-23-45(39-49)41-55(60-65-56(43-67-60)47-25-9-3-10-26-47)61-66-57(44-68-61)48-27-11-4-12-28-48/h3-40,55-59H,41-44H2,1-2H3/t56-,57-,58-,59-/m1/s1. The van der Waals surface area contributed by atoms with Gasteiger partial charge < -0.3 is 23.5 Å². The molecular weight excluding hydrogens is 940 g/mol. The van der Waals surface area contributed by atoms with Crippen LogP contribution in [0, 0.1) is 5.92 Å². The molecule has 0 bridgehead atoms. The molecule has 4 aliphatic rings. The monoisotopic (exact) mass is 996 g/mol. The number of aliphatic imine (C=N–C) groups is 2. The van der Waals surface area contributed by atoms with Crippen LogP contribution in [0.5, 0.6) is 0 Å². The molecule has 0 saturated carbocycles. The molecule has 4 atom stereocenters. The van der Waals surface area contributed by atoms with E-state index in [9.17, 15) is 0 Å². The molecule has 8 aromatic rings. The number of hydrogen-bond donors (Lipinski definition) is 0. The zero-order valence-electron chi connectivity index (χ0n) is 41.4. The van der Waals surface area contributed by atoms with Gasteiger partial charge in [0.2, 0.25) is 0 Å². The second kappa shape index (κ2) is 20.7. The molecule has 0 aliphatic carbocycles. The van der Waals surface area contributed by atoms with E-state index in [1.165, 1.54) is 0 Å². The topological polar surface area (TPSA) is 89.3 Å². The average Bonchev–Trinajstić information content (AvgIpc) is 4.23. The highest BCUT2D eigenvalue weighted by Crippen LogP contribution is 2.65. The first-order valence-electron chi connectivity index (χ1n) is 25.4. The Kier molecular flexibility index (Phi) is 13.4. The molecule has 8 aromatic carbocycles. The van der Waals surface area contributed by atoms with Crippen LogP contribution in [0.25, 0.3) is 11.1 Å². The molecule has 0 radical (unpaired) electrons. The summed E-state index contributed by atoms with van der Waals surface area (Å²) in [5.41, 5.74) is 7.54. The van der Waals surface area contributed by atoms with Gasteiger partial charge in [-0.25, -0.2) is 9.98 Å². The Hall–Kier alpha value is -7.07. The molecule has 74 heavy (non-hydrogen) atoms. The Morgan fingerprint density at radius 3 is 1.27 bits per heavy atom. The van der Waals surface area contributed by atoms with Gasteiger partial charge in [-0.05, 0) is 82.0 Å². The van der Waals surface area contributed by atoms with Crippen LogP contribution in [-0.2, 0) is 56.7 Å². The van der Waals surface area contributed by atoms with Crippen LogP contribution >= 0.6 is 8.60 Å². The van der Waals surface area contributed by atoms with E-state index < -0.39 is 37.8 Å². The highest BCUT2D eigenvalue weighted by molar-refractivity contribution is 7.41. The minimum Gasteiger partial charge on any atom is -0.478 e. The Labute approximate surface area is 434 Å². The van der Waals surface area contributed by atoms with Crippen LogP contribution in [0.2, 0.25) is 0 Å². The SMILES string of the molecule is CC1(C)O[C@@H]2[C@@H](O1)C(c1ccccc1)(c1ccccc1)OP(OCc1cccc(-c3cccc(CC(C4=N[C@@H](c5ccccc5)CO4)C4=N[C@@H](c5ccccc5)CO4)c3)c1)OC2(c1ccccc1)c1ccccc1. The fourth-order valence-electron chi connectivity index (χ4n) is 10.9. The van der Waals surface area contributed by atoms with Crippen LogP contribution in [0.3, 0.4) is 0 Å². The van der Waals surface area contributed by atoms with Crippen molar-refractivity contribution in [2.24, 2.45) is 15.9 Å². The predicted molar refractivity (Wildman–Crippen MR) is 289 cm³/mol. The van der Waals surface area contributed by atoms with Crippen molar-refractivity contribution in [1.82, 2.24) is 0 Å². The first-order valence-corrected chi connectivity index (χ1v) is 26.5. The molecule has 0 amide bonds. The molecule has 370 valence electrons. The molecule has 2 saturated heterocycles. The van der Waals surface area contributed by atoms with Gasteiger partial charge in [0.25, 0.3) is 0 Å². The Balaban J connectivity index is 0.883. The van der Waals surface area contributed by atoms with Gasteiger partial charge in [-0.15, -0.1) is 0 Å². The van der Waals surface area contributed by atoms with E-state index in [4.69, 9.17) is 42.5 Å². The molecule has 0 aromatic heterocycles. The molecule has 2 fully saturated rings. The lowest BCUT2D eigenvalue weighted by molar-refractivity contribution is -0.176. The average molecular weight is 997 g/mol. The maximum atomic E-state index is 7.59. The first-order chi connectivity index (χ1) is 36.3. The molecule has 4 aliphatic heterocycles. The van der Waals surface area contributed by atoms with Gasteiger partial charge in [-0.3, -0.25) is 9.05 Å². The lowest BCUT2D eigenvalue weighted by Crippen LogP contribution is -2.53. The van der Waals surface area contributed by atoms with E-state index in [2.05, 4.69) is 121 Å². The van der Waals surface area contributed by atoms with Gasteiger partial charge in [0.1, 0.15) is 43.4 Å². The van der Waals surface area contributed by atoms with Crippen molar-refractivity contribution in [3.05, 3.63) is 275 Å². The van der Waals surface area contributed by atoms with E-state index in [1.54, 1.807) is 0 Å². The second-order valence-corrected chi connectivity index (χ2v) is 20.7. The number of nitrogens with zero attached hydrogens (tertiary/aromatic N) is 2. The van der Waals surface area contributed by atoms with Crippen LogP contribution < -0.4 is 0 Å². The largest absolute Gasteiger partial charge is 0.478 e. The van der Waals surface area contributed by atoms with Gasteiger partial charge in [0.05, 0.1) is 6.61 Å². The summed E-state index contributed by atoms with van der Waals surface area (Å²) < 4.78 is 49.4. The third-order valence-corrected chi connectivity index (χ3v) is 15.6. The number of rotatable bonds is 14. The quantitative estimate of drug-likeness (QED) is 0.100. The van der Waals surface area contributed by atoms with Crippen molar-refractivity contribution in [3.63, 3.8) is 0 Å². The summed E-state index contributed by atoms with van der Waals surface area (Å²) in [4.78, 5) is 10.3. The molecule has 9 nitrogen and oxygen atoms in total. The van der Waals surface area contributed by atoms with Gasteiger partial charge >= 0.3 is 8.60 Å². The van der Waals surface area contributed by atoms with Crippen molar-refractivity contribution in [1.29, 1.82) is 0 Å². The molecule has 0 spiro atoms. The number of benzene rings is 8. The highest BCUT2D eigenvalue weighted by atomic mass is 31.2. The van der Waals surface area contributed by atoms with Crippen molar-refractivity contribution in [2.75, 3.05) is 13.2 Å². The zero-order valence-corrected chi connectivity index (χ0v) is 42.2. The molecule has 12 rings (SSSR count). The van der Waals surface area contributed by atoms with E-state index in [-0.39, 0.29) is 24.6 Å². The zero-order chi connectivity index (χ0) is 50.0. The van der Waals surface area contributed by atoms with Crippen molar-refractivity contribution in [3.8, 4) is 11.1 Å². The molecule has 10 heteroatoms. The minimum atomic E-state index is -2.18. The third kappa shape index (κ3) is 9.41.